The molecular weight excluding hydrogens is 609 g/mol. The van der Waals surface area contributed by atoms with E-state index in [2.05, 4.69) is 26.8 Å². The summed E-state index contributed by atoms with van der Waals surface area (Å²) in [5.41, 5.74) is 9.18. The molecular formula is C27H22IN9O2. The topological polar surface area (TPSA) is 156 Å². The SMILES string of the molecule is C=CC(=O)N1CC2CC1C(n1nc(-c3ccc(C(=O)Nc4cc(C#N)ccn4)cc3)c3c(N)nc(I)nc31)C2. The monoisotopic (exact) mass is 631 g/mol. The third-order valence-electron chi connectivity index (χ3n) is 7.32. The van der Waals surface area contributed by atoms with Crippen molar-refractivity contribution in [2.75, 3.05) is 17.6 Å². The van der Waals surface area contributed by atoms with Crippen molar-refractivity contribution in [3.63, 3.8) is 0 Å². The summed E-state index contributed by atoms with van der Waals surface area (Å²) in [5, 5.41) is 17.4. The Morgan fingerprint density at radius 3 is 2.67 bits per heavy atom. The molecule has 4 heterocycles. The number of fused-ring (bicyclic) bond motifs is 3. The van der Waals surface area contributed by atoms with Crippen LogP contribution in [0.4, 0.5) is 11.6 Å². The number of carbonyl (C=O) groups is 2. The van der Waals surface area contributed by atoms with Crippen molar-refractivity contribution in [1.82, 2.24) is 29.6 Å². The molecule has 2 fully saturated rings. The number of rotatable bonds is 5. The third kappa shape index (κ3) is 4.38. The number of aromatic nitrogens is 5. The molecule has 1 aliphatic carbocycles. The Bertz CT molecular complexity index is 1690. The van der Waals surface area contributed by atoms with E-state index >= 15 is 0 Å². The maximum absolute atomic E-state index is 12.8. The molecule has 6 rings (SSSR count). The van der Waals surface area contributed by atoms with Gasteiger partial charge in [-0.2, -0.15) is 10.4 Å². The van der Waals surface area contributed by atoms with Crippen LogP contribution in [0.3, 0.4) is 0 Å². The van der Waals surface area contributed by atoms with Gasteiger partial charge in [0, 0.05) is 46.5 Å². The number of benzene rings is 1. The van der Waals surface area contributed by atoms with Crippen LogP contribution >= 0.6 is 22.6 Å². The summed E-state index contributed by atoms with van der Waals surface area (Å²) in [6, 6.07) is 12.0. The lowest BCUT2D eigenvalue weighted by Crippen LogP contribution is -2.42. The van der Waals surface area contributed by atoms with E-state index in [9.17, 15) is 9.59 Å². The minimum Gasteiger partial charge on any atom is -0.383 e. The Hall–Kier alpha value is -4.38. The van der Waals surface area contributed by atoms with Gasteiger partial charge in [0.25, 0.3) is 5.91 Å². The molecule has 1 saturated heterocycles. The Balaban J connectivity index is 1.35. The summed E-state index contributed by atoms with van der Waals surface area (Å²) in [7, 11) is 0. The molecule has 1 saturated carbocycles. The molecule has 0 spiro atoms. The van der Waals surface area contributed by atoms with E-state index < -0.39 is 0 Å². The number of nitrogens with two attached hydrogens (primary N) is 1. The van der Waals surface area contributed by atoms with Gasteiger partial charge in [-0.1, -0.05) is 18.7 Å². The molecule has 2 bridgehead atoms. The number of piperidine rings is 1. The predicted octanol–water partition coefficient (Wildman–Crippen LogP) is 3.55. The van der Waals surface area contributed by atoms with Crippen LogP contribution in [0, 0.1) is 21.1 Å². The second-order valence-corrected chi connectivity index (χ2v) is 10.6. The van der Waals surface area contributed by atoms with Gasteiger partial charge in [-0.05, 0) is 49.1 Å². The second kappa shape index (κ2) is 9.73. The summed E-state index contributed by atoms with van der Waals surface area (Å²) in [6.07, 6.45) is 4.63. The van der Waals surface area contributed by atoms with Crippen LogP contribution in [0.1, 0.15) is 34.8 Å². The van der Waals surface area contributed by atoms with Crippen molar-refractivity contribution in [2.45, 2.75) is 24.9 Å². The number of amides is 2. The van der Waals surface area contributed by atoms with E-state index in [1.54, 1.807) is 30.3 Å². The van der Waals surface area contributed by atoms with Gasteiger partial charge >= 0.3 is 0 Å². The molecule has 39 heavy (non-hydrogen) atoms. The van der Waals surface area contributed by atoms with Gasteiger partial charge in [-0.25, -0.2) is 19.6 Å². The summed E-state index contributed by atoms with van der Waals surface area (Å²) in [6.45, 7) is 4.39. The highest BCUT2D eigenvalue weighted by Crippen LogP contribution is 2.46. The van der Waals surface area contributed by atoms with Crippen molar-refractivity contribution < 1.29 is 9.59 Å². The van der Waals surface area contributed by atoms with Crippen molar-refractivity contribution in [1.29, 1.82) is 5.26 Å². The fourth-order valence-corrected chi connectivity index (χ4v) is 6.12. The zero-order valence-corrected chi connectivity index (χ0v) is 22.7. The highest BCUT2D eigenvalue weighted by molar-refractivity contribution is 14.1. The van der Waals surface area contributed by atoms with Gasteiger partial charge in [0.2, 0.25) is 5.91 Å². The number of hydrogen-bond donors (Lipinski definition) is 2. The first-order valence-corrected chi connectivity index (χ1v) is 13.4. The van der Waals surface area contributed by atoms with Crippen molar-refractivity contribution in [3.05, 3.63) is 70.2 Å². The lowest BCUT2D eigenvalue weighted by molar-refractivity contribution is -0.128. The average Bonchev–Trinajstić information content (AvgIpc) is 3.66. The quantitative estimate of drug-likeness (QED) is 0.193. The molecule has 2 aliphatic rings. The summed E-state index contributed by atoms with van der Waals surface area (Å²) in [4.78, 5) is 40.3. The number of hydrogen-bond acceptors (Lipinski definition) is 8. The van der Waals surface area contributed by atoms with Crippen LogP contribution in [-0.4, -0.2) is 54.0 Å². The van der Waals surface area contributed by atoms with E-state index in [1.807, 2.05) is 38.2 Å². The first kappa shape index (κ1) is 24.9. The molecule has 11 nitrogen and oxygen atoms in total. The first-order valence-electron chi connectivity index (χ1n) is 12.3. The molecule has 3 unspecified atom stereocenters. The van der Waals surface area contributed by atoms with E-state index in [0.717, 1.165) is 24.9 Å². The van der Waals surface area contributed by atoms with Gasteiger partial charge in [0.15, 0.2) is 9.48 Å². The number of carbonyl (C=O) groups excluding carboxylic acids is 2. The van der Waals surface area contributed by atoms with Crippen LogP contribution in [-0.2, 0) is 4.79 Å². The zero-order valence-electron chi connectivity index (χ0n) is 20.6. The number of nitrogen functional groups attached to an aromatic ring is 1. The van der Waals surface area contributed by atoms with Crippen LogP contribution in [0.15, 0.2) is 55.3 Å². The highest BCUT2D eigenvalue weighted by Gasteiger charge is 2.48. The molecule has 0 radical (unpaired) electrons. The Morgan fingerprint density at radius 2 is 1.95 bits per heavy atom. The van der Waals surface area contributed by atoms with E-state index in [0.29, 0.717) is 49.2 Å². The molecule has 4 aromatic rings. The van der Waals surface area contributed by atoms with E-state index in [-0.39, 0.29) is 23.9 Å². The molecule has 1 aromatic carbocycles. The van der Waals surface area contributed by atoms with E-state index in [1.165, 1.54) is 18.3 Å². The number of nitriles is 1. The van der Waals surface area contributed by atoms with Gasteiger partial charge in [0.05, 0.1) is 29.1 Å². The number of halogens is 1. The number of likely N-dealkylation sites (tertiary alicyclic amines) is 1. The number of nitrogens with zero attached hydrogens (tertiary/aromatic N) is 7. The fourth-order valence-electron chi connectivity index (χ4n) is 5.63. The number of nitrogens with one attached hydrogen (secondary N) is 1. The van der Waals surface area contributed by atoms with Crippen LogP contribution < -0.4 is 11.1 Å². The molecule has 3 atom stereocenters. The van der Waals surface area contributed by atoms with Crippen molar-refractivity contribution in [2.24, 2.45) is 5.92 Å². The first-order chi connectivity index (χ1) is 18.9. The van der Waals surface area contributed by atoms with Crippen molar-refractivity contribution >= 4 is 57.1 Å². The van der Waals surface area contributed by atoms with Gasteiger partial charge in [0.1, 0.15) is 17.3 Å². The maximum Gasteiger partial charge on any atom is 0.256 e. The normalized spacial score (nSPS) is 19.7. The average molecular weight is 631 g/mol. The molecule has 1 aliphatic heterocycles. The van der Waals surface area contributed by atoms with Gasteiger partial charge in [-0.3, -0.25) is 9.59 Å². The lowest BCUT2D eigenvalue weighted by atomic mass is 10.1. The highest BCUT2D eigenvalue weighted by atomic mass is 127. The molecule has 12 heteroatoms. The molecule has 3 N–H and O–H groups in total. The maximum atomic E-state index is 12.8. The second-order valence-electron chi connectivity index (χ2n) is 9.61. The van der Waals surface area contributed by atoms with Gasteiger partial charge < -0.3 is 16.0 Å². The standard InChI is InChI=1S/C27H22IN9O2/c1-2-21(38)36-13-15-9-18(36)19(10-15)37-25-22(24(30)33-27(28)34-25)23(35-37)16-3-5-17(6-4-16)26(39)32-20-11-14(12-29)7-8-31-20/h2-8,11,15,18-19H,1,9-10,13H2,(H2,30,33,34)(H,31,32,39). The van der Waals surface area contributed by atoms with Crippen LogP contribution in [0.5, 0.6) is 0 Å². The molecule has 3 aromatic heterocycles. The van der Waals surface area contributed by atoms with Crippen molar-refractivity contribution in [3.8, 4) is 17.3 Å². The Morgan fingerprint density at radius 1 is 1.18 bits per heavy atom. The van der Waals surface area contributed by atoms with E-state index in [4.69, 9.17) is 16.1 Å². The third-order valence-corrected chi connectivity index (χ3v) is 7.81. The summed E-state index contributed by atoms with van der Waals surface area (Å²) < 4.78 is 2.40. The lowest BCUT2D eigenvalue weighted by Gasteiger charge is -2.32. The predicted molar refractivity (Wildman–Crippen MR) is 152 cm³/mol. The summed E-state index contributed by atoms with van der Waals surface area (Å²) in [5.74, 6) is 0.577. The van der Waals surface area contributed by atoms with Crippen LogP contribution in [0.2, 0.25) is 0 Å². The minimum atomic E-state index is -0.356. The fraction of sp³-hybridized carbons (Fsp3) is 0.222. The number of pyridine rings is 1. The largest absolute Gasteiger partial charge is 0.383 e. The Labute approximate surface area is 236 Å². The Kier molecular flexibility index (Phi) is 6.22. The molecule has 2 amide bonds. The minimum absolute atomic E-state index is 0.00418. The molecule has 194 valence electrons. The van der Waals surface area contributed by atoms with Crippen LogP contribution in [0.25, 0.3) is 22.3 Å². The zero-order chi connectivity index (χ0) is 27.3. The smallest absolute Gasteiger partial charge is 0.256 e. The number of anilines is 2. The van der Waals surface area contributed by atoms with Gasteiger partial charge in [-0.15, -0.1) is 0 Å². The summed E-state index contributed by atoms with van der Waals surface area (Å²) >= 11 is 2.04.